The highest BCUT2D eigenvalue weighted by atomic mass is 32.2. The highest BCUT2D eigenvalue weighted by Crippen LogP contribution is 2.40. The Bertz CT molecular complexity index is 1300. The molecule has 208 valence electrons. The Labute approximate surface area is 223 Å². The third-order valence-electron chi connectivity index (χ3n) is 5.32. The second-order valence-electron chi connectivity index (χ2n) is 9.53. The maximum atomic E-state index is 13.0. The van der Waals surface area contributed by atoms with E-state index in [4.69, 9.17) is 14.2 Å². The molecule has 2 unspecified atom stereocenters. The van der Waals surface area contributed by atoms with Gasteiger partial charge in [0.2, 0.25) is 27.7 Å². The number of carbonyl (C=O) groups excluding carboxylic acids is 5. The summed E-state index contributed by atoms with van der Waals surface area (Å²) in [5.74, 6) is -3.24. The van der Waals surface area contributed by atoms with Crippen molar-refractivity contribution in [3.63, 3.8) is 0 Å². The van der Waals surface area contributed by atoms with Crippen LogP contribution in [0.2, 0.25) is 0 Å². The maximum Gasteiger partial charge on any atom is 0.358 e. The zero-order valence-electron chi connectivity index (χ0n) is 21.4. The van der Waals surface area contributed by atoms with Gasteiger partial charge in [0.25, 0.3) is 5.91 Å². The van der Waals surface area contributed by atoms with Crippen LogP contribution in [0.3, 0.4) is 0 Å². The zero-order valence-corrected chi connectivity index (χ0v) is 23.0. The second kappa shape index (κ2) is 11.1. The molecule has 0 saturated carbocycles. The quantitative estimate of drug-likeness (QED) is 0.230. The smallest absolute Gasteiger partial charge is 0.358 e. The van der Waals surface area contributed by atoms with Gasteiger partial charge >= 0.3 is 17.9 Å². The summed E-state index contributed by atoms with van der Waals surface area (Å²) in [4.78, 5) is 66.7. The Balaban J connectivity index is 1.72. The van der Waals surface area contributed by atoms with Crippen LogP contribution in [0.1, 0.15) is 27.7 Å². The molecule has 2 atom stereocenters. The number of esters is 3. The Morgan fingerprint density at radius 1 is 1.18 bits per heavy atom. The van der Waals surface area contributed by atoms with Gasteiger partial charge in [0, 0.05) is 36.9 Å². The number of nitrogens with zero attached hydrogens (tertiary/aromatic N) is 3. The first kappa shape index (κ1) is 29.2. The molecule has 1 saturated heterocycles. The van der Waals surface area contributed by atoms with Gasteiger partial charge in [0.15, 0.2) is 0 Å². The molecule has 14 nitrogen and oxygen atoms in total. The van der Waals surface area contributed by atoms with Gasteiger partial charge in [-0.3, -0.25) is 24.1 Å². The number of ether oxygens (including phenoxy) is 3. The predicted molar refractivity (Wildman–Crippen MR) is 131 cm³/mol. The fourth-order valence-electron chi connectivity index (χ4n) is 3.51. The third-order valence-corrected chi connectivity index (χ3v) is 7.66. The summed E-state index contributed by atoms with van der Waals surface area (Å²) in [5.41, 5.74) is -0.676. The highest BCUT2D eigenvalue weighted by molar-refractivity contribution is 8.00. The van der Waals surface area contributed by atoms with Crippen molar-refractivity contribution in [3.8, 4) is 0 Å². The van der Waals surface area contributed by atoms with Crippen molar-refractivity contribution in [3.05, 3.63) is 23.7 Å². The van der Waals surface area contributed by atoms with Gasteiger partial charge in [-0.25, -0.2) is 18.2 Å². The van der Waals surface area contributed by atoms with Crippen LogP contribution in [-0.4, -0.2) is 89.4 Å². The molecule has 38 heavy (non-hydrogen) atoms. The number of amides is 2. The fourth-order valence-corrected chi connectivity index (χ4v) is 5.64. The monoisotopic (exact) mass is 572 g/mol. The van der Waals surface area contributed by atoms with Crippen LogP contribution in [0.4, 0.5) is 0 Å². The van der Waals surface area contributed by atoms with E-state index in [0.29, 0.717) is 5.57 Å². The SMILES string of the molecule is CC(=O)OCC1=C(C(=O)OCOC(=O)C(C)(C)C)N2C(=O)C(NC(=O)Cn3ccnc3S(C)(=O)=O)C2SC1. The lowest BCUT2D eigenvalue weighted by atomic mass is 9.98. The van der Waals surface area contributed by atoms with Crippen molar-refractivity contribution in [1.29, 1.82) is 0 Å². The second-order valence-corrected chi connectivity index (χ2v) is 12.5. The molecular weight excluding hydrogens is 544 g/mol. The van der Waals surface area contributed by atoms with Gasteiger partial charge in [-0.1, -0.05) is 0 Å². The average molecular weight is 573 g/mol. The van der Waals surface area contributed by atoms with Crippen molar-refractivity contribution >= 4 is 51.3 Å². The highest BCUT2D eigenvalue weighted by Gasteiger charge is 2.54. The van der Waals surface area contributed by atoms with E-state index >= 15 is 0 Å². The van der Waals surface area contributed by atoms with Gasteiger partial charge in [-0.15, -0.1) is 11.8 Å². The fraction of sp³-hybridized carbons (Fsp3) is 0.545. The molecule has 2 aliphatic rings. The number of fused-ring (bicyclic) bond motifs is 1. The van der Waals surface area contributed by atoms with Crippen molar-refractivity contribution in [2.24, 2.45) is 5.41 Å². The number of aromatic nitrogens is 2. The minimum absolute atomic E-state index is 0.161. The molecule has 2 amide bonds. The lowest BCUT2D eigenvalue weighted by Crippen LogP contribution is -2.71. The molecule has 2 aliphatic heterocycles. The van der Waals surface area contributed by atoms with Crippen molar-refractivity contribution < 1.29 is 46.6 Å². The van der Waals surface area contributed by atoms with Gasteiger partial charge < -0.3 is 24.1 Å². The first-order valence-corrected chi connectivity index (χ1v) is 14.2. The van der Waals surface area contributed by atoms with Gasteiger partial charge in [-0.05, 0) is 20.8 Å². The van der Waals surface area contributed by atoms with Crippen molar-refractivity contribution in [2.45, 2.75) is 50.8 Å². The lowest BCUT2D eigenvalue weighted by molar-refractivity contribution is -0.173. The van der Waals surface area contributed by atoms with Crippen LogP contribution in [-0.2, 0) is 54.6 Å². The first-order valence-electron chi connectivity index (χ1n) is 11.3. The van der Waals surface area contributed by atoms with Crippen LogP contribution in [0, 0.1) is 5.41 Å². The summed E-state index contributed by atoms with van der Waals surface area (Å²) in [5, 5.41) is 1.59. The lowest BCUT2D eigenvalue weighted by Gasteiger charge is -2.49. The molecule has 1 fully saturated rings. The van der Waals surface area contributed by atoms with E-state index in [9.17, 15) is 32.4 Å². The summed E-state index contributed by atoms with van der Waals surface area (Å²) >= 11 is 1.23. The Kier molecular flexibility index (Phi) is 8.55. The number of nitrogens with one attached hydrogen (secondary N) is 1. The largest absolute Gasteiger partial charge is 0.461 e. The summed E-state index contributed by atoms with van der Waals surface area (Å²) < 4.78 is 39.8. The van der Waals surface area contributed by atoms with E-state index in [1.165, 1.54) is 31.1 Å². The Morgan fingerprint density at radius 2 is 1.87 bits per heavy atom. The number of β-lactam (4-membered cyclic amide) rings is 1. The topological polar surface area (TPSA) is 180 Å². The molecule has 3 rings (SSSR count). The zero-order chi connectivity index (χ0) is 28.4. The molecule has 0 aromatic carbocycles. The Hall–Kier alpha value is -3.40. The number of sulfone groups is 1. The number of imidazole rings is 1. The molecule has 0 spiro atoms. The number of rotatable bonds is 9. The Morgan fingerprint density at radius 3 is 2.47 bits per heavy atom. The van der Waals surface area contributed by atoms with E-state index in [-0.39, 0.29) is 23.2 Å². The molecule has 0 radical (unpaired) electrons. The molecule has 1 aromatic heterocycles. The van der Waals surface area contributed by atoms with E-state index in [2.05, 4.69) is 10.3 Å². The van der Waals surface area contributed by atoms with Crippen LogP contribution in [0.15, 0.2) is 28.8 Å². The van der Waals surface area contributed by atoms with E-state index < -0.39 is 69.7 Å². The molecule has 16 heteroatoms. The molecule has 0 aliphatic carbocycles. The van der Waals surface area contributed by atoms with Crippen LogP contribution in [0.25, 0.3) is 0 Å². The normalized spacial score (nSPS) is 19.3. The molecule has 3 heterocycles. The summed E-state index contributed by atoms with van der Waals surface area (Å²) in [6.07, 6.45) is 3.52. The third kappa shape index (κ3) is 6.53. The first-order chi connectivity index (χ1) is 17.6. The van der Waals surface area contributed by atoms with Crippen molar-refractivity contribution in [1.82, 2.24) is 19.8 Å². The van der Waals surface area contributed by atoms with Gasteiger partial charge in [0.05, 0.1) is 5.41 Å². The molecule has 0 bridgehead atoms. The van der Waals surface area contributed by atoms with E-state index in [1.807, 2.05) is 0 Å². The molecule has 1 aromatic rings. The molecule has 1 N–H and O–H groups in total. The van der Waals surface area contributed by atoms with Crippen LogP contribution < -0.4 is 5.32 Å². The average Bonchev–Trinajstić information content (AvgIpc) is 3.28. The summed E-state index contributed by atoms with van der Waals surface area (Å²) in [6, 6.07) is -1.01. The standard InChI is InChI=1S/C22H28N4O10S2/c1-12(27)34-9-13-10-37-18-15(24-14(28)8-25-7-6-23-21(25)38(5,32)33)17(29)26(18)16(13)19(30)35-11-36-20(31)22(2,3)4/h6-7,15,18H,8-11H2,1-5H3,(H,24,28). The van der Waals surface area contributed by atoms with E-state index in [1.54, 1.807) is 20.8 Å². The number of hydrogen-bond donors (Lipinski definition) is 1. The van der Waals surface area contributed by atoms with Crippen LogP contribution >= 0.6 is 11.8 Å². The number of carbonyl (C=O) groups is 5. The number of hydrogen-bond acceptors (Lipinski definition) is 12. The maximum absolute atomic E-state index is 13.0. The minimum atomic E-state index is -3.67. The van der Waals surface area contributed by atoms with Gasteiger partial charge in [0.1, 0.15) is 30.3 Å². The minimum Gasteiger partial charge on any atom is -0.461 e. The van der Waals surface area contributed by atoms with E-state index in [0.717, 1.165) is 15.7 Å². The van der Waals surface area contributed by atoms with Crippen molar-refractivity contribution in [2.75, 3.05) is 25.4 Å². The van der Waals surface area contributed by atoms with Crippen LogP contribution in [0.5, 0.6) is 0 Å². The summed E-state index contributed by atoms with van der Waals surface area (Å²) in [7, 11) is -3.67. The summed E-state index contributed by atoms with van der Waals surface area (Å²) in [6.45, 7) is 4.72. The number of thioether (sulfide) groups is 1. The predicted octanol–water partition coefficient (Wildman–Crippen LogP) is -0.406. The van der Waals surface area contributed by atoms with Gasteiger partial charge in [-0.2, -0.15) is 0 Å². The molecular formula is C22H28N4O10S2.